The summed E-state index contributed by atoms with van der Waals surface area (Å²) in [6, 6.07) is 13.5. The van der Waals surface area contributed by atoms with Gasteiger partial charge in [0.2, 0.25) is 0 Å². The summed E-state index contributed by atoms with van der Waals surface area (Å²) in [5.41, 5.74) is 2.67. The van der Waals surface area contributed by atoms with Crippen LogP contribution in [0.2, 0.25) is 0 Å². The topological polar surface area (TPSA) is 29.9 Å². The average molecular weight is 371 g/mol. The fourth-order valence-electron chi connectivity index (χ4n) is 3.60. The lowest BCUT2D eigenvalue weighted by molar-refractivity contribution is -0.137. The number of fused-ring (bicyclic) bond motifs is 1. The molecule has 2 aromatic carbocycles. The normalized spacial score (nSPS) is 14.4. The Bertz CT molecular complexity index is 973. The molecule has 0 spiro atoms. The van der Waals surface area contributed by atoms with Gasteiger partial charge in [0.05, 0.1) is 16.9 Å². The first kappa shape index (κ1) is 17.6. The fraction of sp³-hybridized carbons (Fsp3) is 0.286. The molecule has 0 atom stereocenters. The second-order valence-electron chi connectivity index (χ2n) is 6.85. The maximum absolute atomic E-state index is 13.6. The van der Waals surface area contributed by atoms with Crippen LogP contribution >= 0.6 is 0 Å². The highest BCUT2D eigenvalue weighted by Gasteiger charge is 2.35. The molecule has 140 valence electrons. The zero-order chi connectivity index (χ0) is 19.0. The number of rotatable bonds is 2. The zero-order valence-electron chi connectivity index (χ0n) is 15.0. The third-order valence-electron chi connectivity index (χ3n) is 4.86. The predicted octanol–water partition coefficient (Wildman–Crippen LogP) is 5.61. The summed E-state index contributed by atoms with van der Waals surface area (Å²) in [6.07, 6.45) is -1.83. The van der Waals surface area contributed by atoms with Crippen LogP contribution in [0.15, 0.2) is 48.5 Å². The van der Waals surface area contributed by atoms with E-state index >= 15 is 0 Å². The van der Waals surface area contributed by atoms with E-state index in [1.165, 1.54) is 12.1 Å². The van der Waals surface area contributed by atoms with Crippen molar-refractivity contribution in [1.82, 2.24) is 9.78 Å². The minimum atomic E-state index is -4.42. The summed E-state index contributed by atoms with van der Waals surface area (Å²) >= 11 is 0. The van der Waals surface area contributed by atoms with E-state index in [9.17, 15) is 13.2 Å². The first-order valence-electron chi connectivity index (χ1n) is 9.04. The number of aryl methyl sites for hydroxylation is 1. The number of nitrogens with zero attached hydrogens (tertiary/aromatic N) is 2. The van der Waals surface area contributed by atoms with Crippen molar-refractivity contribution in [3.05, 3.63) is 65.2 Å². The molecule has 0 saturated carbocycles. The maximum atomic E-state index is 13.6. The van der Waals surface area contributed by atoms with Crippen molar-refractivity contribution in [2.45, 2.75) is 32.4 Å². The largest absolute Gasteiger partial charge is 0.417 e. The molecular weight excluding hydrogens is 351 g/mol. The zero-order valence-corrected chi connectivity index (χ0v) is 15.0. The van der Waals surface area contributed by atoms with Crippen LogP contribution in [-0.4, -0.2) is 16.3 Å². The van der Waals surface area contributed by atoms with Gasteiger partial charge >= 0.3 is 6.18 Å². The van der Waals surface area contributed by atoms with E-state index in [1.54, 1.807) is 10.7 Å². The van der Waals surface area contributed by atoms with Gasteiger partial charge in [-0.05, 0) is 49.9 Å². The lowest BCUT2D eigenvalue weighted by Gasteiger charge is -2.12. The van der Waals surface area contributed by atoms with Crippen molar-refractivity contribution in [1.29, 1.82) is 0 Å². The number of halogens is 3. The van der Waals surface area contributed by atoms with Crippen molar-refractivity contribution in [2.24, 2.45) is 0 Å². The monoisotopic (exact) mass is 371 g/mol. The third kappa shape index (κ3) is 3.31. The van der Waals surface area contributed by atoms with Gasteiger partial charge in [-0.1, -0.05) is 30.3 Å². The molecule has 3 nitrogen and oxygen atoms in total. The Morgan fingerprint density at radius 1 is 1.04 bits per heavy atom. The van der Waals surface area contributed by atoms with Gasteiger partial charge in [0.25, 0.3) is 0 Å². The minimum absolute atomic E-state index is 0.136. The van der Waals surface area contributed by atoms with E-state index in [-0.39, 0.29) is 5.56 Å². The molecule has 1 aliphatic rings. The van der Waals surface area contributed by atoms with Gasteiger partial charge in [-0.25, -0.2) is 4.68 Å². The summed E-state index contributed by atoms with van der Waals surface area (Å²) in [7, 11) is 0. The van der Waals surface area contributed by atoms with E-state index in [4.69, 9.17) is 0 Å². The van der Waals surface area contributed by atoms with Crippen LogP contribution in [0.4, 0.5) is 19.0 Å². The van der Waals surface area contributed by atoms with Crippen molar-refractivity contribution in [3.8, 4) is 16.9 Å². The number of hydrogen-bond donors (Lipinski definition) is 1. The summed E-state index contributed by atoms with van der Waals surface area (Å²) in [4.78, 5) is 0. The second-order valence-corrected chi connectivity index (χ2v) is 6.85. The van der Waals surface area contributed by atoms with Crippen LogP contribution < -0.4 is 5.32 Å². The van der Waals surface area contributed by atoms with Gasteiger partial charge in [-0.3, -0.25) is 0 Å². The molecule has 1 N–H and O–H groups in total. The first-order valence-corrected chi connectivity index (χ1v) is 9.04. The molecule has 27 heavy (non-hydrogen) atoms. The van der Waals surface area contributed by atoms with Gasteiger partial charge in [0, 0.05) is 17.7 Å². The number of hydrogen-bond acceptors (Lipinski definition) is 2. The Morgan fingerprint density at radius 2 is 1.85 bits per heavy atom. The van der Waals surface area contributed by atoms with Crippen molar-refractivity contribution in [3.63, 3.8) is 0 Å². The standard InChI is InChI=1S/C21H20F3N3/c1-14-7-6-8-15(13-14)27-20-17(10-4-5-12-25-20)19(26-27)16-9-2-3-11-18(16)21(22,23)24/h2-3,6-9,11,13,25H,4-5,10,12H2,1H3. The lowest BCUT2D eigenvalue weighted by Crippen LogP contribution is -2.08. The smallest absolute Gasteiger partial charge is 0.370 e. The minimum Gasteiger partial charge on any atom is -0.370 e. The highest BCUT2D eigenvalue weighted by molar-refractivity contribution is 5.74. The van der Waals surface area contributed by atoms with Gasteiger partial charge in [0.15, 0.2) is 0 Å². The van der Waals surface area contributed by atoms with Crippen LogP contribution in [0.3, 0.4) is 0 Å². The average Bonchev–Trinajstić information content (AvgIpc) is 2.82. The van der Waals surface area contributed by atoms with Crippen LogP contribution in [-0.2, 0) is 12.6 Å². The van der Waals surface area contributed by atoms with Gasteiger partial charge < -0.3 is 5.32 Å². The molecule has 0 unspecified atom stereocenters. The lowest BCUT2D eigenvalue weighted by atomic mass is 9.99. The van der Waals surface area contributed by atoms with Gasteiger partial charge in [-0.2, -0.15) is 18.3 Å². The third-order valence-corrected chi connectivity index (χ3v) is 4.86. The Morgan fingerprint density at radius 3 is 2.63 bits per heavy atom. The van der Waals surface area contributed by atoms with Gasteiger partial charge in [-0.15, -0.1) is 0 Å². The van der Waals surface area contributed by atoms with Gasteiger partial charge in [0.1, 0.15) is 5.82 Å². The molecule has 0 saturated heterocycles. The molecule has 0 amide bonds. The number of nitrogens with one attached hydrogen (secondary N) is 1. The quantitative estimate of drug-likeness (QED) is 0.634. The molecule has 6 heteroatoms. The molecule has 0 bridgehead atoms. The number of aromatic nitrogens is 2. The van der Waals surface area contributed by atoms with Crippen LogP contribution in [0.25, 0.3) is 16.9 Å². The fourth-order valence-corrected chi connectivity index (χ4v) is 3.60. The van der Waals surface area contributed by atoms with E-state index in [2.05, 4.69) is 10.4 Å². The Balaban J connectivity index is 1.96. The van der Waals surface area contributed by atoms with E-state index in [1.807, 2.05) is 31.2 Å². The van der Waals surface area contributed by atoms with E-state index in [0.29, 0.717) is 12.1 Å². The molecule has 3 aromatic rings. The maximum Gasteiger partial charge on any atom is 0.417 e. The number of alkyl halides is 3. The summed E-state index contributed by atoms with van der Waals surface area (Å²) in [5, 5.41) is 8.02. The number of benzene rings is 2. The Hall–Kier alpha value is -2.76. The predicted molar refractivity (Wildman–Crippen MR) is 100 cm³/mol. The summed E-state index contributed by atoms with van der Waals surface area (Å²) in [5.74, 6) is 0.796. The van der Waals surface area contributed by atoms with E-state index < -0.39 is 11.7 Å². The molecule has 0 aliphatic carbocycles. The van der Waals surface area contributed by atoms with Crippen LogP contribution in [0.1, 0.15) is 29.5 Å². The molecule has 1 aliphatic heterocycles. The summed E-state index contributed by atoms with van der Waals surface area (Å²) in [6.45, 7) is 2.77. The Labute approximate surface area is 155 Å². The molecule has 1 aromatic heterocycles. The van der Waals surface area contributed by atoms with Crippen LogP contribution in [0, 0.1) is 6.92 Å². The summed E-state index contributed by atoms with van der Waals surface area (Å²) < 4.78 is 42.5. The molecule has 0 fully saturated rings. The Kier molecular flexibility index (Phi) is 4.42. The van der Waals surface area contributed by atoms with Crippen molar-refractivity contribution < 1.29 is 13.2 Å². The van der Waals surface area contributed by atoms with E-state index in [0.717, 1.165) is 48.1 Å². The first-order chi connectivity index (χ1) is 12.9. The number of anilines is 1. The molecular formula is C21H20F3N3. The highest BCUT2D eigenvalue weighted by Crippen LogP contribution is 2.40. The highest BCUT2D eigenvalue weighted by atomic mass is 19.4. The molecule has 2 heterocycles. The van der Waals surface area contributed by atoms with Crippen molar-refractivity contribution >= 4 is 5.82 Å². The SMILES string of the molecule is Cc1cccc(-n2nc(-c3ccccc3C(F)(F)F)c3c2NCCCC3)c1. The van der Waals surface area contributed by atoms with Crippen molar-refractivity contribution in [2.75, 3.05) is 11.9 Å². The molecule has 4 rings (SSSR count). The second kappa shape index (κ2) is 6.76. The van der Waals surface area contributed by atoms with Crippen LogP contribution in [0.5, 0.6) is 0 Å². The molecule has 0 radical (unpaired) electrons.